The maximum atomic E-state index is 12.6. The van der Waals surface area contributed by atoms with Crippen molar-refractivity contribution in [3.05, 3.63) is 51.1 Å². The number of alkyl halides is 3. The number of benzene rings is 2. The number of methoxy groups -OCH3 is 1. The number of rotatable bonds is 3. The first kappa shape index (κ1) is 17.4. The van der Waals surface area contributed by atoms with E-state index in [1.54, 1.807) is 22.6 Å². The van der Waals surface area contributed by atoms with E-state index in [0.29, 0.717) is 5.75 Å². The maximum absolute atomic E-state index is 12.6. The summed E-state index contributed by atoms with van der Waals surface area (Å²) in [5, 5.41) is 12.2. The summed E-state index contributed by atoms with van der Waals surface area (Å²) >= 11 is 1.70. The van der Waals surface area contributed by atoms with Crippen LogP contribution in [-0.2, 0) is 6.18 Å². The van der Waals surface area contributed by atoms with E-state index < -0.39 is 17.6 Å². The number of carbonyl (C=O) groups is 1. The molecule has 0 saturated heterocycles. The van der Waals surface area contributed by atoms with E-state index >= 15 is 0 Å². The first-order chi connectivity index (χ1) is 10.7. The Morgan fingerprint density at radius 3 is 2.48 bits per heavy atom. The highest BCUT2D eigenvalue weighted by molar-refractivity contribution is 14.1. The summed E-state index contributed by atoms with van der Waals surface area (Å²) < 4.78 is 43.1. The van der Waals surface area contributed by atoms with Gasteiger partial charge in [0, 0.05) is 3.57 Å². The Morgan fingerprint density at radius 2 is 1.91 bits per heavy atom. The molecule has 0 fully saturated rings. The quantitative estimate of drug-likeness (QED) is 0.706. The van der Waals surface area contributed by atoms with Crippen molar-refractivity contribution >= 4 is 34.2 Å². The fourth-order valence-electron chi connectivity index (χ4n) is 1.81. The number of phenols is 1. The van der Waals surface area contributed by atoms with Gasteiger partial charge in [-0.2, -0.15) is 13.2 Å². The van der Waals surface area contributed by atoms with Gasteiger partial charge < -0.3 is 15.2 Å². The van der Waals surface area contributed by atoms with Gasteiger partial charge in [0.2, 0.25) is 0 Å². The van der Waals surface area contributed by atoms with Crippen molar-refractivity contribution in [2.45, 2.75) is 6.18 Å². The molecule has 0 saturated carbocycles. The highest BCUT2D eigenvalue weighted by Crippen LogP contribution is 2.33. The van der Waals surface area contributed by atoms with Crippen LogP contribution in [-0.4, -0.2) is 18.1 Å². The van der Waals surface area contributed by atoms with Crippen molar-refractivity contribution in [3.63, 3.8) is 0 Å². The summed E-state index contributed by atoms with van der Waals surface area (Å²) in [7, 11) is 1.41. The van der Waals surface area contributed by atoms with Crippen molar-refractivity contribution in [1.29, 1.82) is 0 Å². The van der Waals surface area contributed by atoms with Gasteiger partial charge in [0.1, 0.15) is 11.5 Å². The van der Waals surface area contributed by atoms with Crippen LogP contribution in [0.15, 0.2) is 36.4 Å². The molecule has 4 nitrogen and oxygen atoms in total. The van der Waals surface area contributed by atoms with Crippen LogP contribution in [0.5, 0.6) is 11.5 Å². The molecule has 0 atom stereocenters. The van der Waals surface area contributed by atoms with E-state index in [2.05, 4.69) is 5.32 Å². The molecule has 2 N–H and O–H groups in total. The van der Waals surface area contributed by atoms with Crippen molar-refractivity contribution < 1.29 is 27.8 Å². The molecule has 0 radical (unpaired) electrons. The largest absolute Gasteiger partial charge is 0.507 e. The van der Waals surface area contributed by atoms with Crippen LogP contribution in [0.1, 0.15) is 15.9 Å². The molecular weight excluding hydrogens is 426 g/mol. The Kier molecular flexibility index (Phi) is 5.03. The number of nitrogens with one attached hydrogen (secondary N) is 1. The Balaban J connectivity index is 2.27. The van der Waals surface area contributed by atoms with E-state index in [0.717, 1.165) is 12.1 Å². The molecule has 2 aromatic carbocycles. The number of amides is 1. The first-order valence-corrected chi connectivity index (χ1v) is 7.35. The molecule has 1 amide bonds. The van der Waals surface area contributed by atoms with Crippen LogP contribution in [0.4, 0.5) is 18.9 Å². The van der Waals surface area contributed by atoms with Crippen LogP contribution < -0.4 is 10.1 Å². The Morgan fingerprint density at radius 1 is 1.22 bits per heavy atom. The van der Waals surface area contributed by atoms with Gasteiger partial charge in [-0.1, -0.05) is 0 Å². The fourth-order valence-corrected chi connectivity index (χ4v) is 2.46. The number of phenolic OH excluding ortho intramolecular Hbond substituents is 1. The van der Waals surface area contributed by atoms with Crippen molar-refractivity contribution in [1.82, 2.24) is 0 Å². The van der Waals surface area contributed by atoms with Crippen molar-refractivity contribution in [3.8, 4) is 11.5 Å². The molecule has 8 heteroatoms. The molecule has 0 aliphatic rings. The molecule has 2 rings (SSSR count). The maximum Gasteiger partial charge on any atom is 0.416 e. The van der Waals surface area contributed by atoms with Gasteiger partial charge in [0.25, 0.3) is 5.91 Å². The zero-order chi connectivity index (χ0) is 17.2. The zero-order valence-electron chi connectivity index (χ0n) is 11.7. The van der Waals surface area contributed by atoms with Gasteiger partial charge in [-0.25, -0.2) is 0 Å². The third kappa shape index (κ3) is 4.06. The standard InChI is InChI=1S/C15H11F3INO3/c1-23-9-3-5-13(21)10(7-9)14(22)20-12-4-2-8(6-11(12)19)15(16,17)18/h2-7,21H,1H3,(H,20,22). The number of aromatic hydroxyl groups is 1. The van der Waals surface area contributed by atoms with Crippen LogP contribution >= 0.6 is 22.6 Å². The van der Waals surface area contributed by atoms with E-state index in [9.17, 15) is 23.1 Å². The van der Waals surface area contributed by atoms with E-state index in [1.165, 1.54) is 31.4 Å². The van der Waals surface area contributed by atoms with E-state index in [-0.39, 0.29) is 20.6 Å². The number of anilines is 1. The van der Waals surface area contributed by atoms with E-state index in [4.69, 9.17) is 4.74 Å². The van der Waals surface area contributed by atoms with Crippen molar-refractivity contribution in [2.24, 2.45) is 0 Å². The first-order valence-electron chi connectivity index (χ1n) is 6.27. The summed E-state index contributed by atoms with van der Waals surface area (Å²) in [5.74, 6) is -0.542. The minimum Gasteiger partial charge on any atom is -0.507 e. The highest BCUT2D eigenvalue weighted by atomic mass is 127. The van der Waals surface area contributed by atoms with Crippen LogP contribution in [0.25, 0.3) is 0 Å². The van der Waals surface area contributed by atoms with Gasteiger partial charge >= 0.3 is 6.18 Å². The summed E-state index contributed by atoms with van der Waals surface area (Å²) in [6.07, 6.45) is -4.45. The van der Waals surface area contributed by atoms with Gasteiger partial charge in [-0.05, 0) is 59.0 Å². The van der Waals surface area contributed by atoms with Crippen LogP contribution in [0.3, 0.4) is 0 Å². The molecule has 0 spiro atoms. The Bertz CT molecular complexity index is 747. The average molecular weight is 437 g/mol. The van der Waals surface area contributed by atoms with E-state index in [1.807, 2.05) is 0 Å². The Hall–Kier alpha value is -1.97. The van der Waals surface area contributed by atoms with Crippen LogP contribution in [0, 0.1) is 3.57 Å². The molecule has 0 aromatic heterocycles. The lowest BCUT2D eigenvalue weighted by atomic mass is 10.1. The second kappa shape index (κ2) is 6.65. The second-order valence-electron chi connectivity index (χ2n) is 4.53. The van der Waals surface area contributed by atoms with Gasteiger partial charge in [0.15, 0.2) is 0 Å². The number of halogens is 4. The molecule has 0 aliphatic carbocycles. The SMILES string of the molecule is COc1ccc(O)c(C(=O)Nc2ccc(C(F)(F)F)cc2I)c1. The molecule has 122 valence electrons. The smallest absolute Gasteiger partial charge is 0.416 e. The van der Waals surface area contributed by atoms with Gasteiger partial charge in [0.05, 0.1) is 23.9 Å². The minimum atomic E-state index is -4.45. The lowest BCUT2D eigenvalue weighted by Gasteiger charge is -2.12. The minimum absolute atomic E-state index is 0.0416. The average Bonchev–Trinajstić information content (AvgIpc) is 2.48. The van der Waals surface area contributed by atoms with Crippen molar-refractivity contribution in [2.75, 3.05) is 12.4 Å². The molecule has 23 heavy (non-hydrogen) atoms. The van der Waals surface area contributed by atoms with Gasteiger partial charge in [-0.3, -0.25) is 4.79 Å². The predicted octanol–water partition coefficient (Wildman–Crippen LogP) is 4.28. The normalized spacial score (nSPS) is 11.2. The number of ether oxygens (including phenoxy) is 1. The third-order valence-electron chi connectivity index (χ3n) is 2.99. The predicted molar refractivity (Wildman–Crippen MR) is 86.8 cm³/mol. The van der Waals surface area contributed by atoms with Gasteiger partial charge in [-0.15, -0.1) is 0 Å². The number of carbonyl (C=O) groups excluding carboxylic acids is 1. The summed E-state index contributed by atoms with van der Waals surface area (Å²) in [4.78, 5) is 12.2. The summed E-state index contributed by atoms with van der Waals surface area (Å²) in [6, 6.07) is 7.09. The molecule has 0 heterocycles. The number of hydrogen-bond donors (Lipinski definition) is 2. The molecular formula is C15H11F3INO3. The Labute approximate surface area is 143 Å². The summed E-state index contributed by atoms with van der Waals surface area (Å²) in [6.45, 7) is 0. The second-order valence-corrected chi connectivity index (χ2v) is 5.69. The molecule has 2 aromatic rings. The lowest BCUT2D eigenvalue weighted by Crippen LogP contribution is -2.14. The molecule has 0 unspecified atom stereocenters. The molecule has 0 bridgehead atoms. The monoisotopic (exact) mass is 437 g/mol. The number of hydrogen-bond acceptors (Lipinski definition) is 3. The highest BCUT2D eigenvalue weighted by Gasteiger charge is 2.31. The fraction of sp³-hybridized carbons (Fsp3) is 0.133. The lowest BCUT2D eigenvalue weighted by molar-refractivity contribution is -0.137. The zero-order valence-corrected chi connectivity index (χ0v) is 13.9. The third-order valence-corrected chi connectivity index (χ3v) is 3.89. The summed E-state index contributed by atoms with van der Waals surface area (Å²) in [5.41, 5.74) is -0.630. The topological polar surface area (TPSA) is 58.6 Å². The van der Waals surface area contributed by atoms with Crippen LogP contribution in [0.2, 0.25) is 0 Å². The molecule has 0 aliphatic heterocycles.